The Morgan fingerprint density at radius 1 is 0.415 bits per heavy atom. The monoisotopic (exact) mass is 1190 g/mol. The Morgan fingerprint density at radius 3 is 0.908 bits per heavy atom. The average molecular weight is 1200 g/mol. The van der Waals surface area contributed by atoms with Crippen molar-refractivity contribution < 1.29 is 37.2 Å². The highest BCUT2D eigenvalue weighted by molar-refractivity contribution is 9.69. The van der Waals surface area contributed by atoms with Crippen LogP contribution in [-0.2, 0) is 0 Å². The molecule has 0 bridgehead atoms. The van der Waals surface area contributed by atoms with Crippen molar-refractivity contribution in [2.75, 3.05) is 19.6 Å². The normalized spacial score (nSPS) is 10.6. The van der Waals surface area contributed by atoms with Gasteiger partial charge in [-0.1, -0.05) is 46.4 Å². The first-order valence-corrected chi connectivity index (χ1v) is 23.8. The van der Waals surface area contributed by atoms with Crippen molar-refractivity contribution >= 4 is 142 Å². The van der Waals surface area contributed by atoms with Crippen LogP contribution >= 0.6 is 117 Å². The lowest BCUT2D eigenvalue weighted by Gasteiger charge is -2.15. The average Bonchev–Trinajstić information content (AvgIpc) is 3.23. The second-order valence-electron chi connectivity index (χ2n) is 13.4. The first-order valence-electron chi connectivity index (χ1n) is 18.4. The molecule has 18 heteroatoms. The number of rotatable bonds is 6. The maximum Gasteiger partial charge on any atom is 0.369 e. The van der Waals surface area contributed by atoms with Crippen molar-refractivity contribution in [2.45, 2.75) is 0 Å². The Labute approximate surface area is 426 Å². The van der Waals surface area contributed by atoms with Gasteiger partial charge in [0.2, 0.25) is 0 Å². The summed E-state index contributed by atoms with van der Waals surface area (Å²) in [5.41, 5.74) is 2.71. The molecule has 0 fully saturated rings. The first-order chi connectivity index (χ1) is 30.9. The van der Waals surface area contributed by atoms with E-state index in [0.717, 1.165) is 22.9 Å². The minimum Gasteiger partial charge on any atom is -0.507 e. The molecule has 0 unspecified atom stereocenters. The molecule has 8 aromatic rings. The predicted octanol–water partition coefficient (Wildman–Crippen LogP) is 18.5. The van der Waals surface area contributed by atoms with Gasteiger partial charge >= 0.3 is 3.18 Å². The van der Waals surface area contributed by atoms with Gasteiger partial charge in [-0.3, -0.25) is 0 Å². The van der Waals surface area contributed by atoms with Crippen LogP contribution in [0.25, 0.3) is 66.1 Å². The lowest BCUT2D eigenvalue weighted by atomic mass is 9.95. The van der Waals surface area contributed by atoms with Gasteiger partial charge in [-0.25, -0.2) is 17.6 Å². The number of hydrogen-bond donors (Lipinski definition) is 2. The topological polar surface area (TPSA) is 58.9 Å². The Hall–Kier alpha value is -3.56. The smallest absolute Gasteiger partial charge is 0.369 e. The van der Waals surface area contributed by atoms with Crippen LogP contribution < -0.4 is 9.47 Å². The summed E-state index contributed by atoms with van der Waals surface area (Å²) in [7, 11) is 3.04. The van der Waals surface area contributed by atoms with Gasteiger partial charge < -0.3 is 19.7 Å². The van der Waals surface area contributed by atoms with E-state index < -0.39 is 23.3 Å². The van der Waals surface area contributed by atoms with E-state index in [9.17, 15) is 27.8 Å². The predicted molar refractivity (Wildman–Crippen MR) is 275 cm³/mol. The van der Waals surface area contributed by atoms with Crippen LogP contribution in [0.4, 0.5) is 17.6 Å². The molecule has 0 heterocycles. The van der Waals surface area contributed by atoms with Gasteiger partial charge in [0.25, 0.3) is 0 Å². The van der Waals surface area contributed by atoms with E-state index in [4.69, 9.17) is 79.1 Å². The molecule has 336 valence electrons. The van der Waals surface area contributed by atoms with Crippen molar-refractivity contribution in [3.05, 3.63) is 165 Å². The second kappa shape index (κ2) is 23.9. The number of hydrogen-bond acceptors (Lipinski definition) is 4. The summed E-state index contributed by atoms with van der Waals surface area (Å²) >= 11 is 42.2. The van der Waals surface area contributed by atoms with Crippen LogP contribution in [-0.4, -0.2) is 33.0 Å². The molecule has 0 atom stereocenters. The standard InChI is InChI=1S/C24H16Cl2F2O2.C22H12Cl2F2O2.CH2Cl2.BBr3/c1-29-23-9-14-10-24(30-2)20(18-6-4-16(26)12-22(18)28)8-13(14)7-19(23)17-5-3-15(25)11-21(17)27;23-13-1-3-15(19(25)9-13)17-5-11-6-18(16-4-2-14(24)10-20(16)26)22(28)8-12(11)7-21(17)27;2-1-3;2-1(3)4/h3-12H,1-2H3;1-10,27-28H;1H2;. The van der Waals surface area contributed by atoms with E-state index in [0.29, 0.717) is 54.6 Å². The molecule has 2 N–H and O–H groups in total. The molecule has 0 spiro atoms. The summed E-state index contributed by atoms with van der Waals surface area (Å²) in [5.74, 6) is -1.39. The third-order valence-corrected chi connectivity index (χ3v) is 10.4. The highest BCUT2D eigenvalue weighted by Crippen LogP contribution is 2.43. The Balaban J connectivity index is 0.000000214. The molecule has 65 heavy (non-hydrogen) atoms. The molecule has 0 aromatic heterocycles. The van der Waals surface area contributed by atoms with Gasteiger partial charge in [-0.2, -0.15) is 0 Å². The van der Waals surface area contributed by atoms with E-state index in [1.807, 2.05) is 0 Å². The summed E-state index contributed by atoms with van der Waals surface area (Å²) in [6, 6.07) is 30.4. The van der Waals surface area contributed by atoms with Crippen molar-refractivity contribution in [2.24, 2.45) is 0 Å². The van der Waals surface area contributed by atoms with Crippen molar-refractivity contribution in [3.8, 4) is 67.5 Å². The SMILES string of the molecule is BrB(Br)Br.COc1cc2cc(OC)c(-c3ccc(Cl)cc3F)cc2cc1-c1ccc(Cl)cc1F.ClCCl.Oc1cc2cc(O)c(-c3ccc(Cl)cc3F)cc2cc1-c1ccc(Cl)cc1F. The third kappa shape index (κ3) is 13.3. The van der Waals surface area contributed by atoms with E-state index in [1.54, 1.807) is 60.7 Å². The minimum absolute atomic E-state index is 0.154. The molecule has 0 radical (unpaired) electrons. The molecular formula is C47H30BBr3Cl6F4O4. The Kier molecular flexibility index (Phi) is 19.3. The largest absolute Gasteiger partial charge is 0.507 e. The molecule has 8 rings (SSSR count). The number of phenolic OH excluding ortho intramolecular Hbond substituents is 2. The molecule has 0 aliphatic rings. The van der Waals surface area contributed by atoms with Gasteiger partial charge in [0.1, 0.15) is 46.3 Å². The van der Waals surface area contributed by atoms with Gasteiger partial charge in [0.15, 0.2) is 0 Å². The number of halogens is 13. The Morgan fingerprint density at radius 2 is 0.646 bits per heavy atom. The van der Waals surface area contributed by atoms with Crippen molar-refractivity contribution in [1.82, 2.24) is 0 Å². The zero-order chi connectivity index (χ0) is 47.7. The maximum atomic E-state index is 14.6. The summed E-state index contributed by atoms with van der Waals surface area (Å²) in [6.45, 7) is 0. The molecule has 4 nitrogen and oxygen atoms in total. The van der Waals surface area contributed by atoms with E-state index in [1.165, 1.54) is 62.8 Å². The fourth-order valence-electron chi connectivity index (χ4n) is 6.66. The molecule has 0 saturated heterocycles. The van der Waals surface area contributed by atoms with Crippen LogP contribution in [0.1, 0.15) is 0 Å². The number of benzene rings is 8. The van der Waals surface area contributed by atoms with Crippen molar-refractivity contribution in [1.29, 1.82) is 0 Å². The number of phenols is 2. The second-order valence-corrected chi connectivity index (χ2v) is 22.4. The highest BCUT2D eigenvalue weighted by Gasteiger charge is 2.19. The summed E-state index contributed by atoms with van der Waals surface area (Å²) in [6.07, 6.45) is 0. The molecule has 0 saturated carbocycles. The highest BCUT2D eigenvalue weighted by atomic mass is 79.9. The van der Waals surface area contributed by atoms with Crippen LogP contribution in [0.2, 0.25) is 20.1 Å². The molecular weight excluding hydrogens is 1170 g/mol. The quantitative estimate of drug-likeness (QED) is 0.0990. The summed E-state index contributed by atoms with van der Waals surface area (Å²) in [4.78, 5) is 0. The van der Waals surface area contributed by atoms with E-state index in [-0.39, 0.29) is 52.3 Å². The third-order valence-electron chi connectivity index (χ3n) is 9.43. The van der Waals surface area contributed by atoms with Crippen LogP contribution in [0, 0.1) is 23.3 Å². The fourth-order valence-corrected chi connectivity index (χ4v) is 7.29. The number of methoxy groups -OCH3 is 2. The van der Waals surface area contributed by atoms with Crippen LogP contribution in [0.5, 0.6) is 23.0 Å². The van der Waals surface area contributed by atoms with Gasteiger partial charge in [-0.05, 0) is 143 Å². The number of aromatic hydroxyl groups is 2. The van der Waals surface area contributed by atoms with E-state index >= 15 is 0 Å². The zero-order valence-corrected chi connectivity index (χ0v) is 42.7. The minimum atomic E-state index is -0.579. The maximum absolute atomic E-state index is 14.6. The van der Waals surface area contributed by atoms with Crippen molar-refractivity contribution in [3.63, 3.8) is 0 Å². The first kappa shape index (κ1) is 52.4. The van der Waals surface area contributed by atoms with E-state index in [2.05, 4.69) is 47.3 Å². The molecule has 0 amide bonds. The lowest BCUT2D eigenvalue weighted by Crippen LogP contribution is -1.94. The molecule has 8 aromatic carbocycles. The fraction of sp³-hybridized carbons (Fsp3) is 0.0638. The molecule has 0 aliphatic carbocycles. The molecule has 0 aliphatic heterocycles. The lowest BCUT2D eigenvalue weighted by molar-refractivity contribution is 0.415. The van der Waals surface area contributed by atoms with Gasteiger partial charge in [0.05, 0.1) is 19.6 Å². The number of fused-ring (bicyclic) bond motifs is 2. The number of ether oxygens (including phenoxy) is 2. The summed E-state index contributed by atoms with van der Waals surface area (Å²) < 4.78 is 69.1. The Bertz CT molecular complexity index is 2820. The summed E-state index contributed by atoms with van der Waals surface area (Å²) in [5, 5.41) is 24.7. The number of alkyl halides is 2. The zero-order valence-electron chi connectivity index (χ0n) is 33.5. The van der Waals surface area contributed by atoms with Crippen LogP contribution in [0.3, 0.4) is 0 Å². The van der Waals surface area contributed by atoms with Gasteiger partial charge in [-0.15, -0.1) is 70.5 Å². The van der Waals surface area contributed by atoms with Crippen LogP contribution in [0.15, 0.2) is 121 Å². The van der Waals surface area contributed by atoms with Gasteiger partial charge in [0, 0.05) is 64.6 Å².